The predicted molar refractivity (Wildman–Crippen MR) is 277 cm³/mol. The van der Waals surface area contributed by atoms with E-state index in [-0.39, 0.29) is 88.3 Å². The van der Waals surface area contributed by atoms with Crippen molar-refractivity contribution < 1.29 is 76.3 Å². The Hall–Kier alpha value is -5.04. The van der Waals surface area contributed by atoms with Crippen molar-refractivity contribution in [1.29, 1.82) is 0 Å². The van der Waals surface area contributed by atoms with Crippen molar-refractivity contribution in [2.24, 2.45) is 22.7 Å². The van der Waals surface area contributed by atoms with Crippen molar-refractivity contribution in [2.75, 3.05) is 79.0 Å². The summed E-state index contributed by atoms with van der Waals surface area (Å²) in [6.45, 7) is 30.5. The Bertz CT molecular complexity index is 1430. The van der Waals surface area contributed by atoms with E-state index in [0.717, 1.165) is 89.9 Å². The molecule has 0 rings (SSSR count). The fourth-order valence-corrected chi connectivity index (χ4v) is 4.36. The van der Waals surface area contributed by atoms with E-state index < -0.39 is 35.2 Å². The van der Waals surface area contributed by atoms with E-state index in [2.05, 4.69) is 35.1 Å². The van der Waals surface area contributed by atoms with Crippen molar-refractivity contribution >= 4 is 48.3 Å². The molecule has 0 aromatic carbocycles. The van der Waals surface area contributed by atoms with Gasteiger partial charge in [-0.05, 0) is 79.1 Å². The Labute approximate surface area is 433 Å². The lowest BCUT2D eigenvalue weighted by molar-refractivity contribution is -0.154. The van der Waals surface area contributed by atoms with Crippen molar-refractivity contribution in [3.8, 4) is 0 Å². The molecule has 0 saturated carbocycles. The van der Waals surface area contributed by atoms with Crippen molar-refractivity contribution in [3.63, 3.8) is 0 Å². The summed E-state index contributed by atoms with van der Waals surface area (Å²) in [7, 11) is 0. The van der Waals surface area contributed by atoms with Gasteiger partial charge in [-0.15, -0.1) is 0 Å². The lowest BCUT2D eigenvalue weighted by Crippen LogP contribution is -2.32. The summed E-state index contributed by atoms with van der Waals surface area (Å²) in [6.07, 6.45) is 10.9. The number of carbonyl (C=O) groups excluding carboxylic acids is 8. The molecule has 0 aliphatic carbocycles. The van der Waals surface area contributed by atoms with Gasteiger partial charge in [0.25, 0.3) is 0 Å². The van der Waals surface area contributed by atoms with Crippen LogP contribution >= 0.6 is 0 Å². The number of ether oxygens (including phenoxy) is 8. The number of hydrogen-bond donors (Lipinski definition) is 4. The molecule has 0 radical (unpaired) electrons. The Morgan fingerprint density at radius 2 is 0.597 bits per heavy atom. The van der Waals surface area contributed by atoms with Crippen LogP contribution in [-0.4, -0.2) is 127 Å². The molecule has 4 amide bonds. The molecule has 0 bridgehead atoms. The van der Waals surface area contributed by atoms with Crippen LogP contribution in [0.1, 0.15) is 187 Å². The van der Waals surface area contributed by atoms with Crippen LogP contribution in [-0.2, 0) is 57.1 Å². The quantitative estimate of drug-likeness (QED) is 0.0265. The highest BCUT2D eigenvalue weighted by Crippen LogP contribution is 2.22. The smallest absolute Gasteiger partial charge is 0.407 e. The molecule has 4 N–H and O–H groups in total. The van der Waals surface area contributed by atoms with Crippen LogP contribution in [0.5, 0.6) is 0 Å². The van der Waals surface area contributed by atoms with Gasteiger partial charge in [-0.2, -0.15) is 0 Å². The summed E-state index contributed by atoms with van der Waals surface area (Å²) >= 11 is 0. The van der Waals surface area contributed by atoms with Gasteiger partial charge in [-0.3, -0.25) is 19.2 Å². The maximum Gasteiger partial charge on any atom is 0.407 e. The Kier molecular flexibility index (Phi) is 50.6. The lowest BCUT2D eigenvalue weighted by atomic mass is 9.91. The van der Waals surface area contributed by atoms with Crippen molar-refractivity contribution in [2.45, 2.75) is 187 Å². The second-order valence-corrected chi connectivity index (χ2v) is 18.1. The standard InChI is InChI=1S/C14H27NO4.2C13H25NO4.C12H23NO4/c1-5-7-8-10-19-13(17)15-9-11-18-12(16)14(3,4)6-2;1-5-7-9-18-12(16)14-8-10-17-11(15)13(3,4)6-2;1-4-6-7-9-18-13(16)14-8-10-17-12(15)11(3)5-2;1-4-6-8-17-12(15)13-7-9-16-11(14)10(3)5-2/h5-11H2,1-4H3,(H,15,17);5-10H2,1-4H3,(H,14,16);11H,4-10H2,1-3H3,(H,14,16);10H,4-9H2,1-3H3,(H,13,15). The molecule has 0 fully saturated rings. The topological polar surface area (TPSA) is 259 Å². The maximum absolute atomic E-state index is 11.6. The molecule has 20 nitrogen and oxygen atoms in total. The fourth-order valence-electron chi connectivity index (χ4n) is 4.36. The highest BCUT2D eigenvalue weighted by atomic mass is 16.6. The molecule has 2 unspecified atom stereocenters. The van der Waals surface area contributed by atoms with Gasteiger partial charge in [-0.25, -0.2) is 19.2 Å². The Balaban J connectivity index is -0.000000428. The third kappa shape index (κ3) is 47.3. The molecule has 0 saturated heterocycles. The summed E-state index contributed by atoms with van der Waals surface area (Å²) in [6, 6.07) is 0. The molecule has 0 aromatic rings. The van der Waals surface area contributed by atoms with E-state index in [4.69, 9.17) is 37.9 Å². The number of esters is 4. The summed E-state index contributed by atoms with van der Waals surface area (Å²) < 4.78 is 39.7. The molecule has 0 aliphatic rings. The van der Waals surface area contributed by atoms with E-state index >= 15 is 0 Å². The van der Waals surface area contributed by atoms with Gasteiger partial charge in [0.1, 0.15) is 26.4 Å². The van der Waals surface area contributed by atoms with Gasteiger partial charge < -0.3 is 59.2 Å². The van der Waals surface area contributed by atoms with Crippen LogP contribution in [0.15, 0.2) is 0 Å². The van der Waals surface area contributed by atoms with Gasteiger partial charge >= 0.3 is 48.3 Å². The molecular formula is C52H100N4O16. The number of carbonyl (C=O) groups is 8. The molecule has 20 heteroatoms. The Morgan fingerprint density at radius 3 is 0.833 bits per heavy atom. The van der Waals surface area contributed by atoms with Crippen LogP contribution in [0.25, 0.3) is 0 Å². The average molecular weight is 1040 g/mol. The van der Waals surface area contributed by atoms with Gasteiger partial charge in [0.05, 0.1) is 75.3 Å². The molecule has 0 aromatic heterocycles. The highest BCUT2D eigenvalue weighted by molar-refractivity contribution is 5.76. The van der Waals surface area contributed by atoms with Crippen molar-refractivity contribution in [1.82, 2.24) is 21.3 Å². The second kappa shape index (κ2) is 49.5. The maximum atomic E-state index is 11.6. The van der Waals surface area contributed by atoms with Gasteiger partial charge in [-0.1, -0.05) is 108 Å². The van der Waals surface area contributed by atoms with Crippen LogP contribution in [0.3, 0.4) is 0 Å². The number of amides is 4. The molecule has 0 heterocycles. The minimum absolute atomic E-state index is 0.0912. The van der Waals surface area contributed by atoms with Gasteiger partial charge in [0.2, 0.25) is 0 Å². The summed E-state index contributed by atoms with van der Waals surface area (Å²) in [5, 5.41) is 10.1. The SMILES string of the molecule is CCCCCOC(=O)NCCOC(=O)C(C)(C)CC.CCCCCOC(=O)NCCOC(=O)C(C)CC.CCCCOC(=O)NCCOC(=O)C(C)(C)CC.CCCCOC(=O)NCCOC(=O)C(C)CC. The second-order valence-electron chi connectivity index (χ2n) is 18.1. The lowest BCUT2D eigenvalue weighted by Gasteiger charge is -2.20. The first-order chi connectivity index (χ1) is 34.1. The highest BCUT2D eigenvalue weighted by Gasteiger charge is 2.27. The number of alkyl carbamates (subject to hydrolysis) is 4. The number of nitrogens with one attached hydrogen (secondary N) is 4. The minimum Gasteiger partial charge on any atom is -0.464 e. The number of rotatable bonds is 34. The van der Waals surface area contributed by atoms with Crippen LogP contribution in [0.4, 0.5) is 19.2 Å². The minimum atomic E-state index is -0.472. The summed E-state index contributed by atoms with van der Waals surface area (Å²) in [5.74, 6) is -1.12. The zero-order chi connectivity index (χ0) is 55.6. The van der Waals surface area contributed by atoms with Crippen LogP contribution < -0.4 is 21.3 Å². The number of hydrogen-bond acceptors (Lipinski definition) is 16. The first-order valence-electron chi connectivity index (χ1n) is 26.4. The number of unbranched alkanes of at least 4 members (excludes halogenated alkanes) is 6. The van der Waals surface area contributed by atoms with Crippen molar-refractivity contribution in [3.05, 3.63) is 0 Å². The van der Waals surface area contributed by atoms with Gasteiger partial charge in [0.15, 0.2) is 0 Å². The predicted octanol–water partition coefficient (Wildman–Crippen LogP) is 9.97. The summed E-state index contributed by atoms with van der Waals surface area (Å²) in [4.78, 5) is 90.4. The van der Waals surface area contributed by atoms with Gasteiger partial charge in [0, 0.05) is 0 Å². The monoisotopic (exact) mass is 1040 g/mol. The fraction of sp³-hybridized carbons (Fsp3) is 0.846. The van der Waals surface area contributed by atoms with Crippen LogP contribution in [0, 0.1) is 22.7 Å². The van der Waals surface area contributed by atoms with E-state index in [0.29, 0.717) is 26.4 Å². The normalized spacial score (nSPS) is 11.3. The first kappa shape index (κ1) is 73.5. The average Bonchev–Trinajstić information content (AvgIpc) is 3.36. The van der Waals surface area contributed by atoms with E-state index in [1.54, 1.807) is 0 Å². The van der Waals surface area contributed by atoms with E-state index in [9.17, 15) is 38.4 Å². The molecule has 424 valence electrons. The third-order valence-corrected chi connectivity index (χ3v) is 10.8. The zero-order valence-electron chi connectivity index (χ0n) is 47.1. The first-order valence-corrected chi connectivity index (χ1v) is 26.4. The van der Waals surface area contributed by atoms with E-state index in [1.165, 1.54) is 0 Å². The molecule has 2 atom stereocenters. The molecular weight excluding hydrogens is 937 g/mol. The largest absolute Gasteiger partial charge is 0.464 e. The molecule has 72 heavy (non-hydrogen) atoms. The van der Waals surface area contributed by atoms with E-state index in [1.807, 2.05) is 83.1 Å². The third-order valence-electron chi connectivity index (χ3n) is 10.8. The van der Waals surface area contributed by atoms with Crippen LogP contribution in [0.2, 0.25) is 0 Å². The Morgan fingerprint density at radius 1 is 0.347 bits per heavy atom. The zero-order valence-corrected chi connectivity index (χ0v) is 47.1. The molecule has 0 aliphatic heterocycles. The molecule has 0 spiro atoms. The summed E-state index contributed by atoms with van der Waals surface area (Å²) in [5.41, 5.74) is -0.942.